The Kier molecular flexibility index (Phi) is 8.79. The van der Waals surface area contributed by atoms with Crippen molar-refractivity contribution in [3.8, 4) is 5.75 Å². The molecule has 0 radical (unpaired) electrons. The summed E-state index contributed by atoms with van der Waals surface area (Å²) in [5, 5.41) is 19.6. The molecule has 3 aromatic carbocycles. The Labute approximate surface area is 211 Å². The second-order valence-corrected chi connectivity index (χ2v) is 9.61. The molecule has 0 saturated carbocycles. The van der Waals surface area contributed by atoms with E-state index in [4.69, 9.17) is 4.74 Å². The molecule has 0 bridgehead atoms. The van der Waals surface area contributed by atoms with Gasteiger partial charge in [0.25, 0.3) is 10.0 Å². The van der Waals surface area contributed by atoms with E-state index in [0.717, 1.165) is 6.07 Å². The molecule has 0 aliphatic rings. The number of hydrogen-bond donors (Lipinski definition) is 2. The number of anilines is 1. The molecule has 37 heavy (non-hydrogen) atoms. The molecular formula is C25H24F3NO7S. The summed E-state index contributed by atoms with van der Waals surface area (Å²) >= 11 is 0. The van der Waals surface area contributed by atoms with E-state index in [1.807, 2.05) is 0 Å². The van der Waals surface area contributed by atoms with Crippen LogP contribution < -0.4 is 9.04 Å². The Morgan fingerprint density at radius 2 is 1.59 bits per heavy atom. The molecule has 0 aromatic heterocycles. The third kappa shape index (κ3) is 6.40. The Balaban J connectivity index is 2.09. The van der Waals surface area contributed by atoms with Crippen molar-refractivity contribution in [3.05, 3.63) is 89.5 Å². The van der Waals surface area contributed by atoms with Crippen LogP contribution >= 0.6 is 0 Å². The summed E-state index contributed by atoms with van der Waals surface area (Å²) in [6.45, 7) is -1.92. The third-order valence-electron chi connectivity index (χ3n) is 5.35. The van der Waals surface area contributed by atoms with Gasteiger partial charge in [0.05, 0.1) is 48.1 Å². The van der Waals surface area contributed by atoms with Crippen LogP contribution in [0.3, 0.4) is 0 Å². The van der Waals surface area contributed by atoms with Crippen molar-refractivity contribution in [2.24, 2.45) is 0 Å². The minimum absolute atomic E-state index is 0.203. The highest BCUT2D eigenvalue weighted by atomic mass is 32.2. The monoisotopic (exact) mass is 539 g/mol. The zero-order valence-electron chi connectivity index (χ0n) is 19.6. The molecule has 0 saturated heterocycles. The number of benzene rings is 3. The van der Waals surface area contributed by atoms with E-state index in [2.05, 4.69) is 4.74 Å². The van der Waals surface area contributed by atoms with Crippen molar-refractivity contribution in [1.29, 1.82) is 0 Å². The van der Waals surface area contributed by atoms with Crippen molar-refractivity contribution in [3.63, 3.8) is 0 Å². The summed E-state index contributed by atoms with van der Waals surface area (Å²) in [7, 11) is -3.23. The number of ether oxygens (including phenoxy) is 2. The predicted octanol–water partition coefficient (Wildman–Crippen LogP) is 3.62. The van der Waals surface area contributed by atoms with Crippen molar-refractivity contribution in [2.75, 3.05) is 24.6 Å². The van der Waals surface area contributed by atoms with Crippen molar-refractivity contribution >= 4 is 21.7 Å². The van der Waals surface area contributed by atoms with Crippen LogP contribution in [0.2, 0.25) is 0 Å². The number of carbonyl (C=O) groups excluding carboxylic acids is 1. The summed E-state index contributed by atoms with van der Waals surface area (Å²) in [5.74, 6) is -1.02. The molecule has 2 N–H and O–H groups in total. The zero-order chi connectivity index (χ0) is 27.2. The Hall–Kier alpha value is -3.61. The van der Waals surface area contributed by atoms with Gasteiger partial charge in [0.1, 0.15) is 12.4 Å². The molecule has 0 amide bonds. The number of esters is 1. The number of halogens is 3. The highest BCUT2D eigenvalue weighted by Crippen LogP contribution is 2.40. The molecular weight excluding hydrogens is 515 g/mol. The largest absolute Gasteiger partial charge is 0.487 e. The van der Waals surface area contributed by atoms with Gasteiger partial charge in [0.15, 0.2) is 0 Å². The average molecular weight is 540 g/mol. The lowest BCUT2D eigenvalue weighted by Gasteiger charge is -2.32. The van der Waals surface area contributed by atoms with Gasteiger partial charge in [-0.15, -0.1) is 0 Å². The maximum atomic E-state index is 13.5. The van der Waals surface area contributed by atoms with Gasteiger partial charge in [0, 0.05) is 0 Å². The van der Waals surface area contributed by atoms with E-state index in [0.29, 0.717) is 22.0 Å². The molecule has 12 heteroatoms. The summed E-state index contributed by atoms with van der Waals surface area (Å²) in [6.07, 6.45) is -4.75. The van der Waals surface area contributed by atoms with Crippen LogP contribution in [0.4, 0.5) is 18.9 Å². The molecule has 0 aliphatic carbocycles. The van der Waals surface area contributed by atoms with Crippen molar-refractivity contribution in [2.45, 2.75) is 23.7 Å². The summed E-state index contributed by atoms with van der Waals surface area (Å²) in [5.41, 5.74) is -0.681. The van der Waals surface area contributed by atoms with E-state index in [-0.39, 0.29) is 22.8 Å². The quantitative estimate of drug-likeness (QED) is 0.379. The zero-order valence-corrected chi connectivity index (χ0v) is 20.4. The second-order valence-electron chi connectivity index (χ2n) is 7.79. The Morgan fingerprint density at radius 3 is 2.14 bits per heavy atom. The minimum Gasteiger partial charge on any atom is -0.487 e. The smallest absolute Gasteiger partial charge is 0.416 e. The number of aliphatic hydroxyl groups is 2. The number of hydrogen-bond acceptors (Lipinski definition) is 7. The van der Waals surface area contributed by atoms with Gasteiger partial charge >= 0.3 is 12.1 Å². The van der Waals surface area contributed by atoms with Crippen LogP contribution in [0.25, 0.3) is 0 Å². The number of sulfonamides is 1. The van der Waals surface area contributed by atoms with Crippen LogP contribution in [0.1, 0.15) is 21.5 Å². The number of carbonyl (C=O) groups is 1. The number of nitrogens with zero attached hydrogens (tertiary/aromatic N) is 1. The SMILES string of the molecule is COC(=O)c1ccc(COc2cc(C(F)(F)F)ccc2N(C(CO)CO)S(=O)(=O)c2ccccc2)cc1. The van der Waals surface area contributed by atoms with E-state index in [9.17, 15) is 36.6 Å². The molecule has 0 spiro atoms. The molecule has 3 aromatic rings. The van der Waals surface area contributed by atoms with Gasteiger partial charge in [0.2, 0.25) is 0 Å². The fourth-order valence-corrected chi connectivity index (χ4v) is 5.10. The highest BCUT2D eigenvalue weighted by molar-refractivity contribution is 7.92. The molecule has 0 unspecified atom stereocenters. The highest BCUT2D eigenvalue weighted by Gasteiger charge is 2.36. The lowest BCUT2D eigenvalue weighted by atomic mass is 10.1. The fourth-order valence-electron chi connectivity index (χ4n) is 3.44. The van der Waals surface area contributed by atoms with Gasteiger partial charge in [-0.05, 0) is 48.0 Å². The molecule has 198 valence electrons. The maximum Gasteiger partial charge on any atom is 0.416 e. The standard InChI is InChI=1S/C25H24F3NO7S/c1-35-24(32)18-9-7-17(8-10-18)16-36-23-13-19(25(26,27)28)11-12-22(23)29(20(14-30)15-31)37(33,34)21-5-3-2-4-6-21/h2-13,20,30-31H,14-16H2,1H3. The van der Waals surface area contributed by atoms with Crippen LogP contribution in [-0.4, -0.2) is 51.0 Å². The predicted molar refractivity (Wildman–Crippen MR) is 128 cm³/mol. The van der Waals surface area contributed by atoms with Crippen molar-refractivity contribution in [1.82, 2.24) is 0 Å². The fraction of sp³-hybridized carbons (Fsp3) is 0.240. The van der Waals surface area contributed by atoms with Crippen LogP contribution in [0, 0.1) is 0 Å². The van der Waals surface area contributed by atoms with Gasteiger partial charge in [-0.2, -0.15) is 13.2 Å². The normalized spacial score (nSPS) is 11.9. The lowest BCUT2D eigenvalue weighted by molar-refractivity contribution is -0.137. The molecule has 3 rings (SSSR count). The molecule has 0 atom stereocenters. The van der Waals surface area contributed by atoms with Crippen LogP contribution in [0.5, 0.6) is 5.75 Å². The first-order valence-corrected chi connectivity index (χ1v) is 12.3. The van der Waals surface area contributed by atoms with Crippen molar-refractivity contribution < 1.29 is 46.1 Å². The van der Waals surface area contributed by atoms with Crippen LogP contribution in [-0.2, 0) is 27.5 Å². The minimum atomic E-state index is -4.75. The van der Waals surface area contributed by atoms with E-state index < -0.39 is 52.7 Å². The first-order valence-electron chi connectivity index (χ1n) is 10.9. The maximum absolute atomic E-state index is 13.5. The number of methoxy groups -OCH3 is 1. The van der Waals surface area contributed by atoms with Gasteiger partial charge in [-0.3, -0.25) is 4.31 Å². The summed E-state index contributed by atoms with van der Waals surface area (Å²) in [4.78, 5) is 11.4. The van der Waals surface area contributed by atoms with E-state index in [1.54, 1.807) is 6.07 Å². The van der Waals surface area contributed by atoms with E-state index >= 15 is 0 Å². The first kappa shape index (κ1) is 28.0. The van der Waals surface area contributed by atoms with E-state index in [1.165, 1.54) is 55.6 Å². The number of alkyl halides is 3. The van der Waals surface area contributed by atoms with Gasteiger partial charge in [-0.25, -0.2) is 13.2 Å². The van der Waals surface area contributed by atoms with Gasteiger partial charge < -0.3 is 19.7 Å². The molecule has 0 heterocycles. The Morgan fingerprint density at radius 1 is 0.973 bits per heavy atom. The third-order valence-corrected chi connectivity index (χ3v) is 7.23. The first-order chi connectivity index (χ1) is 17.5. The topological polar surface area (TPSA) is 113 Å². The average Bonchev–Trinajstić information content (AvgIpc) is 2.90. The summed E-state index contributed by atoms with van der Waals surface area (Å²) < 4.78 is 78.4. The lowest BCUT2D eigenvalue weighted by Crippen LogP contribution is -2.45. The molecule has 0 aliphatic heterocycles. The molecule has 8 nitrogen and oxygen atoms in total. The number of rotatable bonds is 10. The second kappa shape index (κ2) is 11.6. The van der Waals surface area contributed by atoms with Crippen LogP contribution in [0.15, 0.2) is 77.7 Å². The summed E-state index contributed by atoms with van der Waals surface area (Å²) in [6, 6.07) is 13.8. The number of aliphatic hydroxyl groups excluding tert-OH is 2. The molecule has 0 fully saturated rings. The van der Waals surface area contributed by atoms with Gasteiger partial charge in [-0.1, -0.05) is 30.3 Å². The Bertz CT molecular complexity index is 1310.